The number of amides is 1. The van der Waals surface area contributed by atoms with E-state index in [4.69, 9.17) is 4.74 Å². The Morgan fingerprint density at radius 2 is 1.61 bits per heavy atom. The van der Waals surface area contributed by atoms with E-state index in [2.05, 4.69) is 0 Å². The first-order chi connectivity index (χ1) is 14.6. The fourth-order valence-corrected chi connectivity index (χ4v) is 4.50. The number of nitrogens with one attached hydrogen (secondary N) is 1. The first kappa shape index (κ1) is 22.8. The van der Waals surface area contributed by atoms with E-state index >= 15 is 0 Å². The second-order valence-corrected chi connectivity index (χ2v) is 8.83. The number of rotatable bonds is 6. The summed E-state index contributed by atoms with van der Waals surface area (Å²) in [6, 6.07) is 6.52. The molecule has 1 N–H and O–H groups in total. The summed E-state index contributed by atoms with van der Waals surface area (Å²) in [5.74, 6) is -6.62. The van der Waals surface area contributed by atoms with E-state index < -0.39 is 51.1 Å². The molecule has 1 aliphatic heterocycles. The van der Waals surface area contributed by atoms with E-state index in [1.807, 2.05) is 5.32 Å². The van der Waals surface area contributed by atoms with Crippen molar-refractivity contribution in [1.29, 1.82) is 0 Å². The highest BCUT2D eigenvalue weighted by Gasteiger charge is 2.27. The van der Waals surface area contributed by atoms with Gasteiger partial charge in [-0.3, -0.25) is 4.79 Å². The number of hydrogen-bond acceptors (Lipinski definition) is 5. The Labute approximate surface area is 176 Å². The molecule has 166 valence electrons. The minimum atomic E-state index is -3.64. The molecule has 3 rings (SSSR count). The van der Waals surface area contributed by atoms with E-state index in [9.17, 15) is 31.2 Å². The zero-order valence-corrected chi connectivity index (χ0v) is 17.2. The minimum Gasteiger partial charge on any atom is -0.449 e. The monoisotopic (exact) mass is 456 g/mol. The topological polar surface area (TPSA) is 92.8 Å². The van der Waals surface area contributed by atoms with Crippen molar-refractivity contribution in [3.05, 3.63) is 59.4 Å². The van der Waals surface area contributed by atoms with E-state index in [0.29, 0.717) is 19.2 Å². The van der Waals surface area contributed by atoms with Gasteiger partial charge in [0.05, 0.1) is 16.1 Å². The third-order valence-electron chi connectivity index (χ3n) is 4.74. The van der Waals surface area contributed by atoms with Crippen molar-refractivity contribution in [3.63, 3.8) is 0 Å². The Kier molecular flexibility index (Phi) is 6.65. The molecule has 0 aliphatic carbocycles. The number of carbonyl (C=O) groups excluding carboxylic acids is 2. The smallest absolute Gasteiger partial charge is 0.338 e. The molecule has 31 heavy (non-hydrogen) atoms. The Bertz CT molecular complexity index is 1100. The van der Waals surface area contributed by atoms with E-state index in [0.717, 1.165) is 18.9 Å². The summed E-state index contributed by atoms with van der Waals surface area (Å²) in [6.07, 6.45) is 0.184. The van der Waals surface area contributed by atoms with Crippen LogP contribution in [0.4, 0.5) is 18.9 Å². The standard InChI is InChI=1S/C20H19F3N2O5S/c1-12(19(26)24-16-9-8-15(21)17(22)18(16)23)30-20(27)13-4-6-14(7-5-13)31(28,29)25-10-2-3-11-25/h4-9,12H,2-3,10-11H2,1H3,(H,24,26). The van der Waals surface area contributed by atoms with Crippen LogP contribution in [0.2, 0.25) is 0 Å². The highest BCUT2D eigenvalue weighted by Crippen LogP contribution is 2.22. The lowest BCUT2D eigenvalue weighted by Gasteiger charge is -2.16. The average molecular weight is 456 g/mol. The molecule has 1 heterocycles. The van der Waals surface area contributed by atoms with Gasteiger partial charge in [-0.25, -0.2) is 26.4 Å². The highest BCUT2D eigenvalue weighted by molar-refractivity contribution is 7.89. The molecule has 1 fully saturated rings. The number of carbonyl (C=O) groups is 2. The van der Waals surface area contributed by atoms with E-state index in [-0.39, 0.29) is 10.5 Å². The summed E-state index contributed by atoms with van der Waals surface area (Å²) in [6.45, 7) is 2.09. The fraction of sp³-hybridized carbons (Fsp3) is 0.300. The molecule has 2 aromatic carbocycles. The van der Waals surface area contributed by atoms with Gasteiger partial charge in [0.1, 0.15) is 0 Å². The van der Waals surface area contributed by atoms with Gasteiger partial charge in [0.2, 0.25) is 10.0 Å². The van der Waals surface area contributed by atoms with Crippen molar-refractivity contribution in [2.75, 3.05) is 18.4 Å². The number of hydrogen-bond donors (Lipinski definition) is 1. The van der Waals surface area contributed by atoms with Crippen LogP contribution in [0.25, 0.3) is 0 Å². The molecule has 0 radical (unpaired) electrons. The molecule has 1 saturated heterocycles. The first-order valence-electron chi connectivity index (χ1n) is 9.37. The predicted molar refractivity (Wildman–Crippen MR) is 104 cm³/mol. The second-order valence-electron chi connectivity index (χ2n) is 6.90. The summed E-state index contributed by atoms with van der Waals surface area (Å²) < 4.78 is 71.3. The van der Waals surface area contributed by atoms with Crippen LogP contribution in [-0.4, -0.2) is 43.8 Å². The van der Waals surface area contributed by atoms with Crippen LogP contribution >= 0.6 is 0 Å². The maximum atomic E-state index is 13.7. The third kappa shape index (κ3) is 4.88. The molecule has 0 saturated carbocycles. The van der Waals surface area contributed by atoms with Crippen LogP contribution in [0.1, 0.15) is 30.1 Å². The average Bonchev–Trinajstić information content (AvgIpc) is 3.30. The van der Waals surface area contributed by atoms with Crippen LogP contribution in [0, 0.1) is 17.5 Å². The van der Waals surface area contributed by atoms with Gasteiger partial charge < -0.3 is 10.1 Å². The molecule has 0 spiro atoms. The second kappa shape index (κ2) is 9.06. The predicted octanol–water partition coefficient (Wildman–Crippen LogP) is 3.07. The highest BCUT2D eigenvalue weighted by atomic mass is 32.2. The van der Waals surface area contributed by atoms with Gasteiger partial charge in [-0.1, -0.05) is 0 Å². The SMILES string of the molecule is CC(OC(=O)c1ccc(S(=O)(=O)N2CCCC2)cc1)C(=O)Nc1ccc(F)c(F)c1F. The summed E-state index contributed by atoms with van der Waals surface area (Å²) in [5.41, 5.74) is -0.609. The number of nitrogens with zero attached hydrogens (tertiary/aromatic N) is 1. The Balaban J connectivity index is 1.64. The molecule has 7 nitrogen and oxygen atoms in total. The van der Waals surface area contributed by atoms with Crippen molar-refractivity contribution in [1.82, 2.24) is 4.31 Å². The maximum absolute atomic E-state index is 13.7. The van der Waals surface area contributed by atoms with Crippen LogP contribution in [0.5, 0.6) is 0 Å². The number of sulfonamides is 1. The minimum absolute atomic E-state index is 0.000899. The Morgan fingerprint density at radius 3 is 2.23 bits per heavy atom. The van der Waals surface area contributed by atoms with Crippen molar-refractivity contribution in [2.45, 2.75) is 30.8 Å². The quantitative estimate of drug-likeness (QED) is 0.533. The van der Waals surface area contributed by atoms with Crippen LogP contribution in [0.3, 0.4) is 0 Å². The van der Waals surface area contributed by atoms with Gasteiger partial charge in [0, 0.05) is 13.1 Å². The summed E-state index contributed by atoms with van der Waals surface area (Å²) in [7, 11) is -3.64. The number of esters is 1. The van der Waals surface area contributed by atoms with Crippen molar-refractivity contribution in [2.24, 2.45) is 0 Å². The van der Waals surface area contributed by atoms with Gasteiger partial charge in [-0.2, -0.15) is 4.31 Å². The maximum Gasteiger partial charge on any atom is 0.338 e. The lowest BCUT2D eigenvalue weighted by Crippen LogP contribution is -2.30. The summed E-state index contributed by atoms with van der Waals surface area (Å²) >= 11 is 0. The number of anilines is 1. The molecule has 1 amide bonds. The van der Waals surface area contributed by atoms with Crippen molar-refractivity contribution in [3.8, 4) is 0 Å². The van der Waals surface area contributed by atoms with Crippen molar-refractivity contribution >= 4 is 27.6 Å². The first-order valence-corrected chi connectivity index (χ1v) is 10.8. The largest absolute Gasteiger partial charge is 0.449 e. The lowest BCUT2D eigenvalue weighted by atomic mass is 10.2. The van der Waals surface area contributed by atoms with Crippen LogP contribution < -0.4 is 5.32 Å². The van der Waals surface area contributed by atoms with E-state index in [1.54, 1.807) is 0 Å². The Hall–Kier alpha value is -2.92. The van der Waals surface area contributed by atoms with Gasteiger partial charge in [0.25, 0.3) is 5.91 Å². The summed E-state index contributed by atoms with van der Waals surface area (Å²) in [5, 5.41) is 2.01. The van der Waals surface area contributed by atoms with Crippen LogP contribution in [-0.2, 0) is 19.6 Å². The van der Waals surface area contributed by atoms with Crippen molar-refractivity contribution < 1.29 is 35.9 Å². The molecular weight excluding hydrogens is 437 g/mol. The number of halogens is 3. The van der Waals surface area contributed by atoms with Gasteiger partial charge in [0.15, 0.2) is 23.6 Å². The lowest BCUT2D eigenvalue weighted by molar-refractivity contribution is -0.123. The van der Waals surface area contributed by atoms with Crippen LogP contribution in [0.15, 0.2) is 41.3 Å². The normalized spacial score (nSPS) is 15.5. The molecular formula is C20H19F3N2O5S. The number of ether oxygens (including phenoxy) is 1. The Morgan fingerprint density at radius 1 is 1.00 bits per heavy atom. The fourth-order valence-electron chi connectivity index (χ4n) is 2.98. The zero-order valence-electron chi connectivity index (χ0n) is 16.4. The van der Waals surface area contributed by atoms with E-state index in [1.165, 1.54) is 35.5 Å². The molecule has 1 unspecified atom stereocenters. The van der Waals surface area contributed by atoms with Gasteiger partial charge >= 0.3 is 5.97 Å². The zero-order chi connectivity index (χ0) is 22.8. The summed E-state index contributed by atoms with van der Waals surface area (Å²) in [4.78, 5) is 24.4. The molecule has 11 heteroatoms. The van der Waals surface area contributed by atoms with Gasteiger partial charge in [-0.05, 0) is 56.2 Å². The number of benzene rings is 2. The molecule has 2 aromatic rings. The molecule has 1 atom stereocenters. The molecule has 1 aliphatic rings. The van der Waals surface area contributed by atoms with Gasteiger partial charge in [-0.15, -0.1) is 0 Å². The third-order valence-corrected chi connectivity index (χ3v) is 6.65. The molecule has 0 bridgehead atoms. The molecule has 0 aromatic heterocycles.